The highest BCUT2D eigenvalue weighted by Crippen LogP contribution is 2.34. The highest BCUT2D eigenvalue weighted by Gasteiger charge is 2.35. The predicted octanol–water partition coefficient (Wildman–Crippen LogP) is 3.14. The molecule has 1 heterocycles. The molecule has 0 aliphatic carbocycles. The van der Waals surface area contributed by atoms with Gasteiger partial charge < -0.3 is 24.4 Å². The van der Waals surface area contributed by atoms with Gasteiger partial charge in [0.1, 0.15) is 0 Å². The first kappa shape index (κ1) is 21.4. The van der Waals surface area contributed by atoms with Crippen LogP contribution in [0.3, 0.4) is 0 Å². The first-order valence-electron chi connectivity index (χ1n) is 9.09. The number of hydrogen-bond donors (Lipinski definition) is 1. The largest absolute Gasteiger partial charge is 0.493 e. The highest BCUT2D eigenvalue weighted by atomic mass is 35.5. The Balaban J connectivity index is 1.75. The summed E-state index contributed by atoms with van der Waals surface area (Å²) in [5, 5.41) is 2.98. The molecule has 0 spiro atoms. The molecule has 1 N–H and O–H groups in total. The van der Waals surface area contributed by atoms with Gasteiger partial charge in [0.2, 0.25) is 11.8 Å². The number of rotatable bonds is 6. The van der Waals surface area contributed by atoms with Gasteiger partial charge in [-0.3, -0.25) is 9.59 Å². The van der Waals surface area contributed by atoms with Gasteiger partial charge >= 0.3 is 5.97 Å². The van der Waals surface area contributed by atoms with Crippen molar-refractivity contribution in [3.63, 3.8) is 0 Å². The predicted molar refractivity (Wildman–Crippen MR) is 111 cm³/mol. The van der Waals surface area contributed by atoms with Crippen LogP contribution in [0.4, 0.5) is 11.4 Å². The molecular weight excluding hydrogens is 412 g/mol. The summed E-state index contributed by atoms with van der Waals surface area (Å²) in [4.78, 5) is 38.5. The Morgan fingerprint density at radius 3 is 2.47 bits per heavy atom. The summed E-state index contributed by atoms with van der Waals surface area (Å²) >= 11 is 6.14. The van der Waals surface area contributed by atoms with Crippen LogP contribution >= 0.6 is 11.6 Å². The van der Waals surface area contributed by atoms with Crippen LogP contribution in [0.2, 0.25) is 5.02 Å². The lowest BCUT2D eigenvalue weighted by Crippen LogP contribution is -2.28. The molecule has 0 saturated carbocycles. The van der Waals surface area contributed by atoms with Gasteiger partial charge in [0.25, 0.3) is 0 Å². The smallest absolute Gasteiger partial charge is 0.337 e. The second kappa shape index (κ2) is 9.04. The van der Waals surface area contributed by atoms with E-state index in [-0.39, 0.29) is 41.1 Å². The van der Waals surface area contributed by atoms with Crippen molar-refractivity contribution in [2.45, 2.75) is 6.42 Å². The minimum atomic E-state index is -0.580. The molecule has 3 rings (SSSR count). The molecule has 1 aliphatic heterocycles. The Bertz CT molecular complexity index is 993. The molecule has 8 nitrogen and oxygen atoms in total. The molecule has 0 aromatic heterocycles. The molecule has 2 aromatic carbocycles. The Labute approximate surface area is 178 Å². The SMILES string of the molecule is COC(=O)c1ccc(Cl)c(NC(=O)[C@@H]2CC(=O)N(c3ccc(OC)c(OC)c3)C2)c1. The van der Waals surface area contributed by atoms with Crippen molar-refractivity contribution in [1.82, 2.24) is 0 Å². The zero-order chi connectivity index (χ0) is 21.8. The van der Waals surface area contributed by atoms with E-state index in [0.29, 0.717) is 17.2 Å². The number of nitrogens with zero attached hydrogens (tertiary/aromatic N) is 1. The summed E-state index contributed by atoms with van der Waals surface area (Å²) in [6.07, 6.45) is 0.0501. The number of nitrogens with one attached hydrogen (secondary N) is 1. The normalized spacial score (nSPS) is 15.7. The molecule has 0 bridgehead atoms. The van der Waals surface area contributed by atoms with Gasteiger partial charge in [0.15, 0.2) is 11.5 Å². The van der Waals surface area contributed by atoms with Crippen LogP contribution < -0.4 is 19.7 Å². The summed E-state index contributed by atoms with van der Waals surface area (Å²) < 4.78 is 15.2. The van der Waals surface area contributed by atoms with E-state index in [4.69, 9.17) is 21.1 Å². The average Bonchev–Trinajstić information content (AvgIpc) is 3.15. The van der Waals surface area contributed by atoms with E-state index in [1.807, 2.05) is 0 Å². The van der Waals surface area contributed by atoms with Gasteiger partial charge in [0.05, 0.1) is 43.5 Å². The van der Waals surface area contributed by atoms with Crippen LogP contribution in [-0.4, -0.2) is 45.7 Å². The minimum absolute atomic E-state index is 0.0501. The number of ether oxygens (including phenoxy) is 3. The van der Waals surface area contributed by atoms with E-state index in [2.05, 4.69) is 10.1 Å². The number of methoxy groups -OCH3 is 3. The molecule has 1 saturated heterocycles. The van der Waals surface area contributed by atoms with E-state index in [0.717, 1.165) is 0 Å². The Morgan fingerprint density at radius 1 is 1.07 bits per heavy atom. The van der Waals surface area contributed by atoms with Crippen LogP contribution in [0.15, 0.2) is 36.4 Å². The number of amides is 2. The first-order valence-corrected chi connectivity index (χ1v) is 9.46. The monoisotopic (exact) mass is 432 g/mol. The lowest BCUT2D eigenvalue weighted by atomic mass is 10.1. The fourth-order valence-corrected chi connectivity index (χ4v) is 3.39. The van der Waals surface area contributed by atoms with Crippen molar-refractivity contribution in [1.29, 1.82) is 0 Å². The standard InChI is InChI=1S/C21H21ClN2O6/c1-28-17-7-5-14(10-18(17)29-2)24-11-13(9-19(24)25)20(26)23-16-8-12(21(27)30-3)4-6-15(16)22/h4-8,10,13H,9,11H2,1-3H3,(H,23,26)/t13-/m1/s1. The third-order valence-corrected chi connectivity index (χ3v) is 5.15. The zero-order valence-corrected chi connectivity index (χ0v) is 17.5. The van der Waals surface area contributed by atoms with Crippen molar-refractivity contribution in [3.05, 3.63) is 47.0 Å². The summed E-state index contributed by atoms with van der Waals surface area (Å²) in [6, 6.07) is 9.56. The molecular formula is C21H21ClN2O6. The molecule has 30 heavy (non-hydrogen) atoms. The number of carbonyl (C=O) groups is 3. The topological polar surface area (TPSA) is 94.2 Å². The number of anilines is 2. The third kappa shape index (κ3) is 4.33. The average molecular weight is 433 g/mol. The molecule has 1 atom stereocenters. The van der Waals surface area contributed by atoms with Gasteiger partial charge in [-0.1, -0.05) is 11.6 Å². The Morgan fingerprint density at radius 2 is 1.80 bits per heavy atom. The molecule has 9 heteroatoms. The number of benzene rings is 2. The van der Waals surface area contributed by atoms with Gasteiger partial charge in [-0.05, 0) is 30.3 Å². The van der Waals surface area contributed by atoms with Crippen LogP contribution in [0.1, 0.15) is 16.8 Å². The number of carbonyl (C=O) groups excluding carboxylic acids is 3. The number of esters is 1. The molecule has 2 aromatic rings. The molecule has 158 valence electrons. The van der Waals surface area contributed by atoms with Gasteiger partial charge in [-0.25, -0.2) is 4.79 Å². The summed E-state index contributed by atoms with van der Waals surface area (Å²) in [7, 11) is 4.30. The lowest BCUT2D eigenvalue weighted by Gasteiger charge is -2.18. The Kier molecular flexibility index (Phi) is 6.47. The van der Waals surface area contributed by atoms with E-state index in [1.54, 1.807) is 18.2 Å². The quantitative estimate of drug-likeness (QED) is 0.705. The van der Waals surface area contributed by atoms with Gasteiger partial charge in [-0.2, -0.15) is 0 Å². The van der Waals surface area contributed by atoms with Crippen molar-refractivity contribution in [3.8, 4) is 11.5 Å². The van der Waals surface area contributed by atoms with Crippen molar-refractivity contribution >= 4 is 40.8 Å². The van der Waals surface area contributed by atoms with E-state index >= 15 is 0 Å². The first-order chi connectivity index (χ1) is 14.4. The maximum Gasteiger partial charge on any atom is 0.337 e. The van der Waals surface area contributed by atoms with Crippen molar-refractivity contribution in [2.24, 2.45) is 5.92 Å². The van der Waals surface area contributed by atoms with E-state index in [1.165, 1.54) is 44.4 Å². The minimum Gasteiger partial charge on any atom is -0.493 e. The van der Waals surface area contributed by atoms with E-state index < -0.39 is 11.9 Å². The highest BCUT2D eigenvalue weighted by molar-refractivity contribution is 6.34. The maximum atomic E-state index is 12.8. The van der Waals surface area contributed by atoms with Crippen molar-refractivity contribution < 1.29 is 28.6 Å². The Hall–Kier alpha value is -3.26. The van der Waals surface area contributed by atoms with Crippen LogP contribution in [0, 0.1) is 5.92 Å². The summed E-state index contributed by atoms with van der Waals surface area (Å²) in [5.74, 6) is -0.641. The second-order valence-electron chi connectivity index (χ2n) is 6.62. The fourth-order valence-electron chi connectivity index (χ4n) is 3.23. The van der Waals surface area contributed by atoms with Crippen LogP contribution in [0.25, 0.3) is 0 Å². The van der Waals surface area contributed by atoms with Crippen LogP contribution in [0.5, 0.6) is 11.5 Å². The molecule has 0 unspecified atom stereocenters. The van der Waals surface area contributed by atoms with Crippen LogP contribution in [-0.2, 0) is 14.3 Å². The lowest BCUT2D eigenvalue weighted by molar-refractivity contribution is -0.122. The zero-order valence-electron chi connectivity index (χ0n) is 16.7. The maximum absolute atomic E-state index is 12.8. The molecule has 1 aliphatic rings. The van der Waals surface area contributed by atoms with Gasteiger partial charge in [0, 0.05) is 24.7 Å². The number of hydrogen-bond acceptors (Lipinski definition) is 6. The summed E-state index contributed by atoms with van der Waals surface area (Å²) in [5.41, 5.74) is 1.15. The van der Waals surface area contributed by atoms with E-state index in [9.17, 15) is 14.4 Å². The molecule has 0 radical (unpaired) electrons. The number of halogens is 1. The van der Waals surface area contributed by atoms with Gasteiger partial charge in [-0.15, -0.1) is 0 Å². The van der Waals surface area contributed by atoms with Crippen molar-refractivity contribution in [2.75, 3.05) is 38.1 Å². The molecule has 1 fully saturated rings. The summed E-state index contributed by atoms with van der Waals surface area (Å²) in [6.45, 7) is 0.203. The second-order valence-corrected chi connectivity index (χ2v) is 7.03. The fraction of sp³-hybridized carbons (Fsp3) is 0.286. The third-order valence-electron chi connectivity index (χ3n) is 4.82. The molecule has 2 amide bonds.